The van der Waals surface area contributed by atoms with Crippen LogP contribution in [0.15, 0.2) is 64.3 Å². The molecule has 2 N–H and O–H groups in total. The van der Waals surface area contributed by atoms with Crippen LogP contribution in [0.25, 0.3) is 0 Å². The average Bonchev–Trinajstić information content (AvgIpc) is 3.22. The summed E-state index contributed by atoms with van der Waals surface area (Å²) in [5, 5.41) is 10.6. The Balaban J connectivity index is 1.87. The van der Waals surface area contributed by atoms with E-state index in [1.807, 2.05) is 55.1 Å². The van der Waals surface area contributed by atoms with E-state index in [1.54, 1.807) is 33.3 Å². The van der Waals surface area contributed by atoms with Crippen molar-refractivity contribution in [2.24, 2.45) is 0 Å². The fourth-order valence-electron chi connectivity index (χ4n) is 4.10. The smallest absolute Gasteiger partial charge is 0.257 e. The van der Waals surface area contributed by atoms with E-state index in [-0.39, 0.29) is 5.91 Å². The molecule has 2 heterocycles. The number of nitrogens with zero attached hydrogens (tertiary/aromatic N) is 2. The van der Waals surface area contributed by atoms with Crippen LogP contribution in [0.5, 0.6) is 11.5 Å². The van der Waals surface area contributed by atoms with E-state index in [9.17, 15) is 4.79 Å². The van der Waals surface area contributed by atoms with Crippen molar-refractivity contribution in [3.05, 3.63) is 76.7 Å². The van der Waals surface area contributed by atoms with Gasteiger partial charge in [-0.2, -0.15) is 0 Å². The highest BCUT2D eigenvalue weighted by molar-refractivity contribution is 7.80. The predicted molar refractivity (Wildman–Crippen MR) is 134 cm³/mol. The lowest BCUT2D eigenvalue weighted by Gasteiger charge is -2.38. The molecular formula is C25H26N4O4S. The highest BCUT2D eigenvalue weighted by Crippen LogP contribution is 2.41. The minimum atomic E-state index is -0.591. The molecule has 0 spiro atoms. The van der Waals surface area contributed by atoms with E-state index in [4.69, 9.17) is 26.2 Å². The first-order valence-electron chi connectivity index (χ1n) is 10.7. The zero-order valence-electron chi connectivity index (χ0n) is 19.6. The number of carbonyl (C=O) groups is 1. The molecule has 8 nitrogen and oxygen atoms in total. The van der Waals surface area contributed by atoms with E-state index < -0.39 is 6.04 Å². The van der Waals surface area contributed by atoms with Crippen molar-refractivity contribution in [3.63, 3.8) is 0 Å². The number of hydrogen-bond donors (Lipinski definition) is 2. The molecular weight excluding hydrogens is 452 g/mol. The van der Waals surface area contributed by atoms with E-state index >= 15 is 0 Å². The molecule has 3 aromatic rings. The van der Waals surface area contributed by atoms with Crippen LogP contribution < -0.4 is 25.0 Å². The van der Waals surface area contributed by atoms with Crippen LogP contribution >= 0.6 is 12.2 Å². The number of anilines is 2. The number of para-hydroxylation sites is 1. The Labute approximate surface area is 203 Å². The molecule has 4 rings (SSSR count). The minimum Gasteiger partial charge on any atom is -0.493 e. The monoisotopic (exact) mass is 478 g/mol. The van der Waals surface area contributed by atoms with Crippen LogP contribution in [0.2, 0.25) is 0 Å². The van der Waals surface area contributed by atoms with E-state index in [0.29, 0.717) is 45.0 Å². The third-order valence-corrected chi connectivity index (χ3v) is 5.90. The summed E-state index contributed by atoms with van der Waals surface area (Å²) >= 11 is 5.77. The zero-order chi connectivity index (χ0) is 24.4. The van der Waals surface area contributed by atoms with Gasteiger partial charge in [-0.05, 0) is 56.8 Å². The zero-order valence-corrected chi connectivity index (χ0v) is 20.4. The third-order valence-electron chi connectivity index (χ3n) is 5.60. The summed E-state index contributed by atoms with van der Waals surface area (Å²) in [4.78, 5) is 15.5. The first-order chi connectivity index (χ1) is 16.3. The Morgan fingerprint density at radius 2 is 1.88 bits per heavy atom. The molecule has 0 fully saturated rings. The van der Waals surface area contributed by atoms with Crippen LogP contribution in [0.3, 0.4) is 0 Å². The van der Waals surface area contributed by atoms with Gasteiger partial charge in [-0.15, -0.1) is 0 Å². The number of aromatic nitrogens is 1. The first kappa shape index (κ1) is 23.3. The number of rotatable bonds is 6. The molecule has 176 valence electrons. The summed E-state index contributed by atoms with van der Waals surface area (Å²) < 4.78 is 16.3. The van der Waals surface area contributed by atoms with Gasteiger partial charge in [-0.25, -0.2) is 0 Å². The maximum absolute atomic E-state index is 13.6. The van der Waals surface area contributed by atoms with Gasteiger partial charge < -0.3 is 24.6 Å². The van der Waals surface area contributed by atoms with Gasteiger partial charge in [0.15, 0.2) is 22.4 Å². The van der Waals surface area contributed by atoms with Gasteiger partial charge >= 0.3 is 0 Å². The van der Waals surface area contributed by atoms with Crippen LogP contribution in [0.4, 0.5) is 11.5 Å². The molecule has 1 aliphatic heterocycles. The van der Waals surface area contributed by atoms with Crippen LogP contribution in [-0.4, -0.2) is 30.4 Å². The molecule has 0 saturated heterocycles. The number of carbonyl (C=O) groups excluding carboxylic acids is 1. The molecule has 1 aromatic heterocycles. The van der Waals surface area contributed by atoms with Gasteiger partial charge in [0.1, 0.15) is 5.76 Å². The molecule has 2 aromatic carbocycles. The molecule has 1 atom stereocenters. The number of aryl methyl sites for hydroxylation is 2. The Kier molecular flexibility index (Phi) is 6.56. The lowest BCUT2D eigenvalue weighted by molar-refractivity contribution is -0.113. The highest BCUT2D eigenvalue weighted by Gasteiger charge is 2.37. The second-order valence-electron chi connectivity index (χ2n) is 7.92. The number of benzene rings is 2. The Morgan fingerprint density at radius 3 is 2.53 bits per heavy atom. The van der Waals surface area contributed by atoms with Gasteiger partial charge in [0.25, 0.3) is 5.91 Å². The second-order valence-corrected chi connectivity index (χ2v) is 8.30. The summed E-state index contributed by atoms with van der Waals surface area (Å²) in [7, 11) is 3.14. The van der Waals surface area contributed by atoms with Gasteiger partial charge in [0.2, 0.25) is 0 Å². The van der Waals surface area contributed by atoms with Gasteiger partial charge in [-0.3, -0.25) is 9.69 Å². The minimum absolute atomic E-state index is 0.328. The van der Waals surface area contributed by atoms with E-state index in [0.717, 1.165) is 11.3 Å². The molecule has 1 amide bonds. The van der Waals surface area contributed by atoms with Gasteiger partial charge in [-0.1, -0.05) is 29.4 Å². The predicted octanol–water partition coefficient (Wildman–Crippen LogP) is 4.66. The molecule has 34 heavy (non-hydrogen) atoms. The summed E-state index contributed by atoms with van der Waals surface area (Å²) in [6.45, 7) is 5.64. The van der Waals surface area contributed by atoms with Crippen LogP contribution in [0, 0.1) is 13.8 Å². The lowest BCUT2D eigenvalue weighted by atomic mass is 9.93. The van der Waals surface area contributed by atoms with Crippen molar-refractivity contribution >= 4 is 34.7 Å². The Bertz CT molecular complexity index is 1280. The number of nitrogens with one attached hydrogen (secondary N) is 2. The molecule has 0 bridgehead atoms. The summed E-state index contributed by atoms with van der Waals surface area (Å²) in [6.07, 6.45) is 0. The second kappa shape index (κ2) is 9.56. The van der Waals surface area contributed by atoms with Gasteiger partial charge in [0.05, 0.1) is 25.8 Å². The number of amides is 1. The topological polar surface area (TPSA) is 88.9 Å². The van der Waals surface area contributed by atoms with Crippen molar-refractivity contribution in [3.8, 4) is 11.5 Å². The maximum Gasteiger partial charge on any atom is 0.257 e. The molecule has 0 aliphatic carbocycles. The maximum atomic E-state index is 13.6. The third kappa shape index (κ3) is 4.34. The quantitative estimate of drug-likeness (QED) is 0.495. The summed E-state index contributed by atoms with van der Waals surface area (Å²) in [5.74, 6) is 1.65. The average molecular weight is 479 g/mol. The number of allylic oxidation sites excluding steroid dienone is 1. The fraction of sp³-hybridized carbons (Fsp3) is 0.240. The fourth-order valence-corrected chi connectivity index (χ4v) is 4.46. The summed E-state index contributed by atoms with van der Waals surface area (Å²) in [6, 6.07) is 14.5. The van der Waals surface area contributed by atoms with Crippen molar-refractivity contribution < 1.29 is 18.8 Å². The highest BCUT2D eigenvalue weighted by atomic mass is 32.1. The number of methoxy groups -OCH3 is 2. The number of thiocarbonyl (C=S) groups is 1. The Hall–Kier alpha value is -3.85. The molecule has 0 saturated carbocycles. The van der Waals surface area contributed by atoms with E-state index in [1.165, 1.54) is 0 Å². The molecule has 0 radical (unpaired) electrons. The van der Waals surface area contributed by atoms with E-state index in [2.05, 4.69) is 15.8 Å². The largest absolute Gasteiger partial charge is 0.493 e. The summed E-state index contributed by atoms with van der Waals surface area (Å²) in [5.41, 5.74) is 3.79. The van der Waals surface area contributed by atoms with Crippen molar-refractivity contribution in [2.75, 3.05) is 24.4 Å². The normalized spacial score (nSPS) is 15.7. The molecule has 1 aliphatic rings. The van der Waals surface area contributed by atoms with Crippen LogP contribution in [-0.2, 0) is 4.79 Å². The number of hydrogen-bond acceptors (Lipinski definition) is 6. The standard InChI is InChI=1S/C25H26N4O4S/c1-14-8-6-9-17(12-14)29-16(3)21(24(30)26-20-13-15(2)33-28-20)22(27-25(29)34)18-10-7-11-19(31-4)23(18)32-5/h6-13,22H,1-5H3,(H,27,34)(H,26,28,30)/t22-/m1/s1. The van der Waals surface area contributed by atoms with Crippen molar-refractivity contribution in [1.82, 2.24) is 10.5 Å². The SMILES string of the molecule is COc1cccc([C@H]2NC(=S)N(c3cccc(C)c3)C(C)=C2C(=O)Nc2cc(C)on2)c1OC. The molecule has 9 heteroatoms. The first-order valence-corrected chi connectivity index (χ1v) is 11.1. The van der Waals surface area contributed by atoms with Gasteiger partial charge in [0, 0.05) is 23.0 Å². The molecule has 0 unspecified atom stereocenters. The van der Waals surface area contributed by atoms with Crippen molar-refractivity contribution in [1.29, 1.82) is 0 Å². The number of ether oxygens (including phenoxy) is 2. The Morgan fingerprint density at radius 1 is 1.12 bits per heavy atom. The van der Waals surface area contributed by atoms with Crippen LogP contribution in [0.1, 0.15) is 29.9 Å². The lowest BCUT2D eigenvalue weighted by Crippen LogP contribution is -2.48. The van der Waals surface area contributed by atoms with Crippen molar-refractivity contribution in [2.45, 2.75) is 26.8 Å².